The topological polar surface area (TPSA) is 88.7 Å². The Kier molecular flexibility index (Phi) is 5.82. The SMILES string of the molecule is CC1CCCC(C)N1C(=O)c1cc(Cl)ccc1NC(=O)Cn1nc2ccccn2c1=O. The molecule has 1 N–H and O–H groups in total. The Morgan fingerprint density at radius 1 is 1.16 bits per heavy atom. The first kappa shape index (κ1) is 21.1. The van der Waals surface area contributed by atoms with Gasteiger partial charge in [0.1, 0.15) is 6.54 Å². The number of hydrogen-bond donors (Lipinski definition) is 1. The van der Waals surface area contributed by atoms with Crippen LogP contribution in [0.25, 0.3) is 5.65 Å². The van der Waals surface area contributed by atoms with Crippen LogP contribution in [0.2, 0.25) is 5.02 Å². The van der Waals surface area contributed by atoms with E-state index >= 15 is 0 Å². The average molecular weight is 442 g/mol. The number of nitrogens with zero attached hydrogens (tertiary/aromatic N) is 4. The standard InChI is InChI=1S/C22H24ClN5O3/c1-14-6-5-7-15(2)28(14)21(30)17-12-16(23)9-10-18(17)24-20(29)13-27-22(31)26-11-4-3-8-19(26)25-27/h3-4,8-12,14-15H,5-7,13H2,1-2H3,(H,24,29). The number of carbonyl (C=O) groups excluding carboxylic acids is 2. The van der Waals surface area contributed by atoms with E-state index < -0.39 is 11.6 Å². The quantitative estimate of drug-likeness (QED) is 0.673. The van der Waals surface area contributed by atoms with E-state index in [1.807, 2.05) is 18.7 Å². The monoisotopic (exact) mass is 441 g/mol. The number of likely N-dealkylation sites (tertiary alicyclic amines) is 1. The molecule has 31 heavy (non-hydrogen) atoms. The third-order valence-corrected chi connectivity index (χ3v) is 5.93. The smallest absolute Gasteiger partial charge is 0.333 e. The van der Waals surface area contributed by atoms with Crippen LogP contribution < -0.4 is 11.0 Å². The molecule has 1 aliphatic rings. The van der Waals surface area contributed by atoms with E-state index in [1.165, 1.54) is 4.40 Å². The van der Waals surface area contributed by atoms with Crippen molar-refractivity contribution in [3.8, 4) is 0 Å². The molecule has 2 unspecified atom stereocenters. The number of pyridine rings is 1. The highest BCUT2D eigenvalue weighted by atomic mass is 35.5. The fraction of sp³-hybridized carbons (Fsp3) is 0.364. The van der Waals surface area contributed by atoms with E-state index in [0.717, 1.165) is 23.9 Å². The first-order valence-corrected chi connectivity index (χ1v) is 10.7. The number of fused-ring (bicyclic) bond motifs is 1. The molecule has 4 rings (SSSR count). The maximum atomic E-state index is 13.4. The van der Waals surface area contributed by atoms with Crippen molar-refractivity contribution >= 4 is 34.7 Å². The summed E-state index contributed by atoms with van der Waals surface area (Å²) in [5.41, 5.74) is 0.745. The zero-order valence-electron chi connectivity index (χ0n) is 17.4. The zero-order valence-corrected chi connectivity index (χ0v) is 18.2. The summed E-state index contributed by atoms with van der Waals surface area (Å²) in [5.74, 6) is -0.621. The lowest BCUT2D eigenvalue weighted by molar-refractivity contribution is -0.117. The minimum Gasteiger partial charge on any atom is -0.333 e. The summed E-state index contributed by atoms with van der Waals surface area (Å²) in [6.45, 7) is 3.80. The third-order valence-electron chi connectivity index (χ3n) is 5.70. The van der Waals surface area contributed by atoms with E-state index in [4.69, 9.17) is 11.6 Å². The lowest BCUT2D eigenvalue weighted by Crippen LogP contribution is -2.47. The van der Waals surface area contributed by atoms with Crippen LogP contribution in [0.3, 0.4) is 0 Å². The minimum absolute atomic E-state index is 0.107. The van der Waals surface area contributed by atoms with Crippen molar-refractivity contribution in [2.24, 2.45) is 0 Å². The zero-order chi connectivity index (χ0) is 22.1. The van der Waals surface area contributed by atoms with Crippen LogP contribution in [0.15, 0.2) is 47.4 Å². The summed E-state index contributed by atoms with van der Waals surface area (Å²) in [6, 6.07) is 10.2. The molecular formula is C22H24ClN5O3. The number of benzene rings is 1. The molecule has 0 bridgehead atoms. The Morgan fingerprint density at radius 3 is 2.61 bits per heavy atom. The Hall–Kier alpha value is -3.13. The fourth-order valence-corrected chi connectivity index (χ4v) is 4.33. The molecule has 1 saturated heterocycles. The first-order valence-electron chi connectivity index (χ1n) is 10.3. The molecule has 0 radical (unpaired) electrons. The maximum absolute atomic E-state index is 13.4. The summed E-state index contributed by atoms with van der Waals surface area (Å²) in [7, 11) is 0. The number of piperidine rings is 1. The van der Waals surface area contributed by atoms with Crippen molar-refractivity contribution in [2.45, 2.75) is 51.7 Å². The number of anilines is 1. The van der Waals surface area contributed by atoms with Crippen LogP contribution in [-0.4, -0.2) is 43.0 Å². The maximum Gasteiger partial charge on any atom is 0.350 e. The third kappa shape index (κ3) is 4.20. The summed E-state index contributed by atoms with van der Waals surface area (Å²) >= 11 is 6.16. The molecule has 0 aliphatic carbocycles. The lowest BCUT2D eigenvalue weighted by Gasteiger charge is -2.39. The van der Waals surface area contributed by atoms with Gasteiger partial charge in [-0.15, -0.1) is 5.10 Å². The summed E-state index contributed by atoms with van der Waals surface area (Å²) < 4.78 is 2.46. The van der Waals surface area contributed by atoms with E-state index in [1.54, 1.807) is 42.6 Å². The van der Waals surface area contributed by atoms with Crippen LogP contribution in [0.5, 0.6) is 0 Å². The molecule has 1 aromatic carbocycles. The Morgan fingerprint density at radius 2 is 1.90 bits per heavy atom. The van der Waals surface area contributed by atoms with Gasteiger partial charge in [0.2, 0.25) is 5.91 Å². The highest BCUT2D eigenvalue weighted by molar-refractivity contribution is 6.31. The molecule has 2 atom stereocenters. The van der Waals surface area contributed by atoms with Crippen LogP contribution >= 0.6 is 11.6 Å². The van der Waals surface area contributed by atoms with Crippen LogP contribution in [0.1, 0.15) is 43.5 Å². The summed E-state index contributed by atoms with van der Waals surface area (Å²) in [6.07, 6.45) is 4.55. The average Bonchev–Trinajstić information content (AvgIpc) is 3.04. The van der Waals surface area contributed by atoms with Gasteiger partial charge in [0.05, 0.1) is 11.3 Å². The van der Waals surface area contributed by atoms with Gasteiger partial charge in [-0.25, -0.2) is 9.48 Å². The Labute approximate surface area is 184 Å². The van der Waals surface area contributed by atoms with Crippen molar-refractivity contribution in [3.05, 3.63) is 63.7 Å². The predicted molar refractivity (Wildman–Crippen MR) is 118 cm³/mol. The molecule has 2 aromatic heterocycles. The molecule has 0 spiro atoms. The van der Waals surface area contributed by atoms with Crippen molar-refractivity contribution < 1.29 is 9.59 Å². The van der Waals surface area contributed by atoms with Gasteiger partial charge in [-0.2, -0.15) is 0 Å². The largest absolute Gasteiger partial charge is 0.350 e. The number of carbonyl (C=O) groups is 2. The molecule has 162 valence electrons. The van der Waals surface area contributed by atoms with Crippen molar-refractivity contribution in [2.75, 3.05) is 5.32 Å². The van der Waals surface area contributed by atoms with Crippen LogP contribution in [0, 0.1) is 0 Å². The molecule has 8 nitrogen and oxygen atoms in total. The molecule has 2 amide bonds. The predicted octanol–water partition coefficient (Wildman–Crippen LogP) is 3.19. The Bertz CT molecular complexity index is 1190. The number of hydrogen-bond acceptors (Lipinski definition) is 4. The molecule has 3 aromatic rings. The number of aromatic nitrogens is 3. The molecule has 3 heterocycles. The highest BCUT2D eigenvalue weighted by Crippen LogP contribution is 2.28. The summed E-state index contributed by atoms with van der Waals surface area (Å²) in [4.78, 5) is 40.3. The van der Waals surface area contributed by atoms with E-state index in [9.17, 15) is 14.4 Å². The molecule has 9 heteroatoms. The second-order valence-electron chi connectivity index (χ2n) is 7.95. The molecule has 0 saturated carbocycles. The molecule has 1 aliphatic heterocycles. The van der Waals surface area contributed by atoms with Gasteiger partial charge in [0.25, 0.3) is 5.91 Å². The number of halogens is 1. The minimum atomic E-state index is -0.457. The number of amides is 2. The normalized spacial score (nSPS) is 18.9. The van der Waals surface area contributed by atoms with Gasteiger partial charge in [-0.05, 0) is 63.4 Å². The van der Waals surface area contributed by atoms with Crippen molar-refractivity contribution in [3.63, 3.8) is 0 Å². The Balaban J connectivity index is 1.58. The lowest BCUT2D eigenvalue weighted by atomic mass is 9.96. The van der Waals surface area contributed by atoms with Crippen molar-refractivity contribution in [1.29, 1.82) is 0 Å². The van der Waals surface area contributed by atoms with Crippen LogP contribution in [-0.2, 0) is 11.3 Å². The van der Waals surface area contributed by atoms with Crippen LogP contribution in [0.4, 0.5) is 5.69 Å². The highest BCUT2D eigenvalue weighted by Gasteiger charge is 2.31. The van der Waals surface area contributed by atoms with Gasteiger partial charge >= 0.3 is 5.69 Å². The number of rotatable bonds is 4. The van der Waals surface area contributed by atoms with Gasteiger partial charge in [0, 0.05) is 23.3 Å². The van der Waals surface area contributed by atoms with Gasteiger partial charge in [-0.1, -0.05) is 17.7 Å². The van der Waals surface area contributed by atoms with Gasteiger partial charge in [-0.3, -0.25) is 14.0 Å². The second-order valence-corrected chi connectivity index (χ2v) is 8.38. The first-order chi connectivity index (χ1) is 14.8. The van der Waals surface area contributed by atoms with E-state index in [0.29, 0.717) is 21.9 Å². The van der Waals surface area contributed by atoms with E-state index in [-0.39, 0.29) is 24.5 Å². The van der Waals surface area contributed by atoms with Gasteiger partial charge in [0.15, 0.2) is 5.65 Å². The second kappa shape index (κ2) is 8.55. The van der Waals surface area contributed by atoms with Crippen molar-refractivity contribution in [1.82, 2.24) is 19.1 Å². The molecule has 1 fully saturated rings. The number of nitrogens with one attached hydrogen (secondary N) is 1. The van der Waals surface area contributed by atoms with E-state index in [2.05, 4.69) is 10.4 Å². The molecular weight excluding hydrogens is 418 g/mol. The fourth-order valence-electron chi connectivity index (χ4n) is 4.16. The van der Waals surface area contributed by atoms with Gasteiger partial charge < -0.3 is 10.2 Å². The summed E-state index contributed by atoms with van der Waals surface area (Å²) in [5, 5.41) is 7.33.